The number of nitrogens with zero attached hydrogens (tertiary/aromatic N) is 2. The van der Waals surface area contributed by atoms with E-state index in [-0.39, 0.29) is 5.82 Å². The van der Waals surface area contributed by atoms with E-state index in [4.69, 9.17) is 5.73 Å². The average Bonchev–Trinajstić information content (AvgIpc) is 2.70. The maximum Gasteiger partial charge on any atom is 0.132 e. The monoisotopic (exact) mass is 259 g/mol. The molecule has 0 saturated carbocycles. The van der Waals surface area contributed by atoms with Crippen LogP contribution in [-0.4, -0.2) is 9.55 Å². The van der Waals surface area contributed by atoms with E-state index < -0.39 is 0 Å². The van der Waals surface area contributed by atoms with Crippen molar-refractivity contribution in [2.75, 3.05) is 5.73 Å². The number of nitrogens with two attached hydrogens (primary N) is 1. The van der Waals surface area contributed by atoms with Gasteiger partial charge in [-0.15, -0.1) is 0 Å². The summed E-state index contributed by atoms with van der Waals surface area (Å²) in [6.45, 7) is 5.02. The summed E-state index contributed by atoms with van der Waals surface area (Å²) in [6.07, 6.45) is 2.03. The van der Waals surface area contributed by atoms with Gasteiger partial charge in [-0.1, -0.05) is 18.6 Å². The standard InChI is InChI=1S/C15H18FN3/c1-9-3-5-12(16)11(7-9)14-15(17)19-8-10(2)4-6-13(19)18-14/h3,5,7,10H,4,6,8,17H2,1-2H3. The van der Waals surface area contributed by atoms with Crippen molar-refractivity contribution in [1.82, 2.24) is 9.55 Å². The highest BCUT2D eigenvalue weighted by Crippen LogP contribution is 2.32. The Bertz CT molecular complexity index is 631. The lowest BCUT2D eigenvalue weighted by atomic mass is 10.0. The van der Waals surface area contributed by atoms with Crippen LogP contribution in [0.5, 0.6) is 0 Å². The zero-order valence-electron chi connectivity index (χ0n) is 11.3. The third-order valence-electron chi connectivity index (χ3n) is 3.82. The molecule has 0 radical (unpaired) electrons. The van der Waals surface area contributed by atoms with Gasteiger partial charge >= 0.3 is 0 Å². The number of hydrogen-bond acceptors (Lipinski definition) is 2. The van der Waals surface area contributed by atoms with Crippen molar-refractivity contribution >= 4 is 5.82 Å². The third kappa shape index (κ3) is 2.01. The van der Waals surface area contributed by atoms with Gasteiger partial charge < -0.3 is 10.3 Å². The van der Waals surface area contributed by atoms with Crippen molar-refractivity contribution in [2.24, 2.45) is 5.92 Å². The van der Waals surface area contributed by atoms with E-state index in [9.17, 15) is 4.39 Å². The number of imidazole rings is 1. The Labute approximate surface area is 112 Å². The first-order valence-electron chi connectivity index (χ1n) is 6.67. The van der Waals surface area contributed by atoms with Crippen molar-refractivity contribution in [1.29, 1.82) is 0 Å². The summed E-state index contributed by atoms with van der Waals surface area (Å²) in [6, 6.07) is 5.04. The van der Waals surface area contributed by atoms with Crippen molar-refractivity contribution in [3.05, 3.63) is 35.4 Å². The molecule has 3 rings (SSSR count). The van der Waals surface area contributed by atoms with E-state index in [1.165, 1.54) is 6.07 Å². The molecule has 0 saturated heterocycles. The Morgan fingerprint density at radius 3 is 3.00 bits per heavy atom. The molecular weight excluding hydrogens is 241 g/mol. The lowest BCUT2D eigenvalue weighted by Gasteiger charge is -2.20. The molecule has 1 aliphatic rings. The molecule has 1 aromatic carbocycles. The number of nitrogen functional groups attached to an aromatic ring is 1. The number of anilines is 1. The Balaban J connectivity index is 2.14. The summed E-state index contributed by atoms with van der Waals surface area (Å²) in [5.74, 6) is 1.90. The van der Waals surface area contributed by atoms with Crippen LogP contribution in [0.1, 0.15) is 24.7 Å². The van der Waals surface area contributed by atoms with Crippen molar-refractivity contribution < 1.29 is 4.39 Å². The molecule has 100 valence electrons. The van der Waals surface area contributed by atoms with Crippen LogP contribution in [0, 0.1) is 18.7 Å². The minimum atomic E-state index is -0.263. The number of aromatic nitrogens is 2. The van der Waals surface area contributed by atoms with Gasteiger partial charge in [-0.25, -0.2) is 9.37 Å². The van der Waals surface area contributed by atoms with E-state index in [0.717, 1.165) is 30.8 Å². The van der Waals surface area contributed by atoms with Crippen LogP contribution in [0.3, 0.4) is 0 Å². The van der Waals surface area contributed by atoms with Crippen LogP contribution >= 0.6 is 0 Å². The Morgan fingerprint density at radius 2 is 2.21 bits per heavy atom. The van der Waals surface area contributed by atoms with Gasteiger partial charge in [0.1, 0.15) is 23.2 Å². The second-order valence-corrected chi connectivity index (χ2v) is 5.50. The van der Waals surface area contributed by atoms with Crippen LogP contribution < -0.4 is 5.73 Å². The highest BCUT2D eigenvalue weighted by Gasteiger charge is 2.23. The fraction of sp³-hybridized carbons (Fsp3) is 0.400. The highest BCUT2D eigenvalue weighted by atomic mass is 19.1. The predicted molar refractivity (Wildman–Crippen MR) is 74.3 cm³/mol. The van der Waals surface area contributed by atoms with E-state index in [1.807, 2.05) is 17.6 Å². The van der Waals surface area contributed by atoms with Gasteiger partial charge in [-0.2, -0.15) is 0 Å². The second-order valence-electron chi connectivity index (χ2n) is 5.50. The van der Waals surface area contributed by atoms with Gasteiger partial charge in [0.05, 0.1) is 0 Å². The fourth-order valence-corrected chi connectivity index (χ4v) is 2.71. The van der Waals surface area contributed by atoms with Crippen LogP contribution in [0.2, 0.25) is 0 Å². The molecule has 1 unspecified atom stereocenters. The maximum atomic E-state index is 14.0. The highest BCUT2D eigenvalue weighted by molar-refractivity contribution is 5.72. The molecule has 0 aliphatic carbocycles. The van der Waals surface area contributed by atoms with Crippen LogP contribution in [0.15, 0.2) is 18.2 Å². The van der Waals surface area contributed by atoms with Crippen molar-refractivity contribution in [2.45, 2.75) is 33.2 Å². The minimum absolute atomic E-state index is 0.263. The lowest BCUT2D eigenvalue weighted by Crippen LogP contribution is -2.19. The molecule has 0 spiro atoms. The van der Waals surface area contributed by atoms with E-state index in [0.29, 0.717) is 23.0 Å². The zero-order chi connectivity index (χ0) is 13.6. The quantitative estimate of drug-likeness (QED) is 0.855. The number of rotatable bonds is 1. The zero-order valence-corrected chi connectivity index (χ0v) is 11.3. The Morgan fingerprint density at radius 1 is 1.42 bits per heavy atom. The van der Waals surface area contributed by atoms with Gasteiger partial charge in [-0.05, 0) is 31.4 Å². The first-order chi connectivity index (χ1) is 9.06. The number of aryl methyl sites for hydroxylation is 2. The second kappa shape index (κ2) is 4.37. The van der Waals surface area contributed by atoms with Crippen molar-refractivity contribution in [3.63, 3.8) is 0 Å². The van der Waals surface area contributed by atoms with Gasteiger partial charge in [0, 0.05) is 18.5 Å². The maximum absolute atomic E-state index is 14.0. The summed E-state index contributed by atoms with van der Waals surface area (Å²) < 4.78 is 16.0. The Kier molecular flexibility index (Phi) is 2.81. The summed E-state index contributed by atoms with van der Waals surface area (Å²) in [5, 5.41) is 0. The lowest BCUT2D eigenvalue weighted by molar-refractivity contribution is 0.397. The average molecular weight is 259 g/mol. The molecule has 2 N–H and O–H groups in total. The van der Waals surface area contributed by atoms with Gasteiger partial charge in [0.2, 0.25) is 0 Å². The molecule has 3 nitrogen and oxygen atoms in total. The van der Waals surface area contributed by atoms with E-state index in [1.54, 1.807) is 6.07 Å². The summed E-state index contributed by atoms with van der Waals surface area (Å²) in [7, 11) is 0. The third-order valence-corrected chi connectivity index (χ3v) is 3.82. The van der Waals surface area contributed by atoms with E-state index >= 15 is 0 Å². The molecule has 2 heterocycles. The smallest absolute Gasteiger partial charge is 0.132 e. The van der Waals surface area contributed by atoms with Crippen molar-refractivity contribution in [3.8, 4) is 11.3 Å². The summed E-state index contributed by atoms with van der Waals surface area (Å²) >= 11 is 0. The van der Waals surface area contributed by atoms with Crippen LogP contribution in [-0.2, 0) is 13.0 Å². The summed E-state index contributed by atoms with van der Waals surface area (Å²) in [5.41, 5.74) is 8.28. The number of hydrogen-bond donors (Lipinski definition) is 1. The number of fused-ring (bicyclic) bond motifs is 1. The molecule has 1 aromatic heterocycles. The molecular formula is C15H18FN3. The topological polar surface area (TPSA) is 43.8 Å². The SMILES string of the molecule is Cc1ccc(F)c(-c2nc3n(c2N)CC(C)CC3)c1. The molecule has 0 amide bonds. The molecule has 19 heavy (non-hydrogen) atoms. The molecule has 2 aromatic rings. The molecule has 0 fully saturated rings. The molecule has 1 atom stereocenters. The van der Waals surface area contributed by atoms with Gasteiger partial charge in [0.15, 0.2) is 0 Å². The molecule has 0 bridgehead atoms. The first kappa shape index (κ1) is 12.2. The van der Waals surface area contributed by atoms with Crippen LogP contribution in [0.25, 0.3) is 11.3 Å². The van der Waals surface area contributed by atoms with Gasteiger partial charge in [-0.3, -0.25) is 0 Å². The largest absolute Gasteiger partial charge is 0.383 e. The van der Waals surface area contributed by atoms with Gasteiger partial charge in [0.25, 0.3) is 0 Å². The normalized spacial score (nSPS) is 18.4. The fourth-order valence-electron chi connectivity index (χ4n) is 2.71. The Hall–Kier alpha value is -1.84. The minimum Gasteiger partial charge on any atom is -0.383 e. The molecule has 1 aliphatic heterocycles. The molecule has 4 heteroatoms. The summed E-state index contributed by atoms with van der Waals surface area (Å²) in [4.78, 5) is 4.55. The number of benzene rings is 1. The van der Waals surface area contributed by atoms with E-state index in [2.05, 4.69) is 11.9 Å². The van der Waals surface area contributed by atoms with Crippen LogP contribution in [0.4, 0.5) is 10.2 Å². The first-order valence-corrected chi connectivity index (χ1v) is 6.67. The predicted octanol–water partition coefficient (Wildman–Crippen LogP) is 3.16. The number of halogens is 1.